The van der Waals surface area contributed by atoms with Crippen LogP contribution in [0.1, 0.15) is 15.9 Å². The number of hydrogen-bond donors (Lipinski definition) is 1. The van der Waals surface area contributed by atoms with E-state index in [0.29, 0.717) is 13.0 Å². The highest BCUT2D eigenvalue weighted by molar-refractivity contribution is 5.94. The molecule has 0 radical (unpaired) electrons. The summed E-state index contributed by atoms with van der Waals surface area (Å²) in [4.78, 5) is 28.6. The lowest BCUT2D eigenvalue weighted by molar-refractivity contribution is -0.120. The van der Waals surface area contributed by atoms with Crippen molar-refractivity contribution in [2.75, 3.05) is 39.3 Å². The fourth-order valence-electron chi connectivity index (χ4n) is 3.14. The number of rotatable bonds is 6. The molecule has 2 aromatic carbocycles. The lowest BCUT2D eigenvalue weighted by atomic mass is 10.1. The lowest BCUT2D eigenvalue weighted by Crippen LogP contribution is -2.50. The molecule has 0 saturated carbocycles. The van der Waals surface area contributed by atoms with Gasteiger partial charge in [0.25, 0.3) is 5.91 Å². The summed E-state index contributed by atoms with van der Waals surface area (Å²) in [6.07, 6.45) is 0.417. The Morgan fingerprint density at radius 3 is 2.12 bits per heavy atom. The Hall–Kier alpha value is -2.66. The van der Waals surface area contributed by atoms with Gasteiger partial charge in [-0.05, 0) is 17.7 Å². The average Bonchev–Trinajstić information content (AvgIpc) is 2.69. The first kappa shape index (κ1) is 18.1. The molecule has 2 aromatic rings. The molecule has 5 heteroatoms. The highest BCUT2D eigenvalue weighted by atomic mass is 16.2. The van der Waals surface area contributed by atoms with Crippen LogP contribution >= 0.6 is 0 Å². The van der Waals surface area contributed by atoms with Crippen LogP contribution in [0, 0.1) is 0 Å². The molecule has 26 heavy (non-hydrogen) atoms. The topological polar surface area (TPSA) is 52.7 Å². The van der Waals surface area contributed by atoms with E-state index in [1.165, 1.54) is 0 Å². The second-order valence-electron chi connectivity index (χ2n) is 6.51. The van der Waals surface area contributed by atoms with E-state index in [1.54, 1.807) is 0 Å². The molecule has 2 amide bonds. The van der Waals surface area contributed by atoms with Gasteiger partial charge in [0.05, 0.1) is 6.42 Å². The summed E-state index contributed by atoms with van der Waals surface area (Å²) in [6, 6.07) is 19.2. The molecule has 0 unspecified atom stereocenters. The SMILES string of the molecule is O=C(Cc1ccccc1)NCCN1CCN(C(=O)c2ccccc2)CC1. The Balaban J connectivity index is 1.35. The van der Waals surface area contributed by atoms with Crippen molar-refractivity contribution in [3.05, 3.63) is 71.8 Å². The maximum atomic E-state index is 12.4. The molecule has 0 aliphatic carbocycles. The van der Waals surface area contributed by atoms with Gasteiger partial charge in [-0.3, -0.25) is 14.5 Å². The van der Waals surface area contributed by atoms with E-state index < -0.39 is 0 Å². The summed E-state index contributed by atoms with van der Waals surface area (Å²) in [6.45, 7) is 4.59. The van der Waals surface area contributed by atoms with Gasteiger partial charge in [-0.15, -0.1) is 0 Å². The van der Waals surface area contributed by atoms with Crippen LogP contribution in [-0.4, -0.2) is 60.9 Å². The molecule has 1 heterocycles. The first-order valence-corrected chi connectivity index (χ1v) is 9.10. The second kappa shape index (κ2) is 9.15. The van der Waals surface area contributed by atoms with Gasteiger partial charge in [0.1, 0.15) is 0 Å². The monoisotopic (exact) mass is 351 g/mol. The van der Waals surface area contributed by atoms with Crippen molar-refractivity contribution in [3.63, 3.8) is 0 Å². The molecule has 1 fully saturated rings. The Morgan fingerprint density at radius 2 is 1.46 bits per heavy atom. The Kier molecular flexibility index (Phi) is 6.39. The zero-order chi connectivity index (χ0) is 18.2. The number of amides is 2. The summed E-state index contributed by atoms with van der Waals surface area (Å²) in [5.41, 5.74) is 1.77. The van der Waals surface area contributed by atoms with Gasteiger partial charge in [-0.2, -0.15) is 0 Å². The molecule has 1 aliphatic heterocycles. The van der Waals surface area contributed by atoms with Gasteiger partial charge in [-0.25, -0.2) is 0 Å². The Labute approximate surface area is 154 Å². The van der Waals surface area contributed by atoms with Gasteiger partial charge in [-0.1, -0.05) is 48.5 Å². The quantitative estimate of drug-likeness (QED) is 0.863. The Morgan fingerprint density at radius 1 is 0.846 bits per heavy atom. The van der Waals surface area contributed by atoms with Crippen LogP contribution < -0.4 is 5.32 Å². The number of piperazine rings is 1. The smallest absolute Gasteiger partial charge is 0.253 e. The normalized spacial score (nSPS) is 14.8. The molecule has 5 nitrogen and oxygen atoms in total. The molecule has 3 rings (SSSR count). The van der Waals surface area contributed by atoms with E-state index in [2.05, 4.69) is 10.2 Å². The molecule has 1 N–H and O–H groups in total. The number of carbonyl (C=O) groups excluding carboxylic acids is 2. The average molecular weight is 351 g/mol. The zero-order valence-electron chi connectivity index (χ0n) is 14.9. The van der Waals surface area contributed by atoms with Crippen molar-refractivity contribution in [2.45, 2.75) is 6.42 Å². The summed E-state index contributed by atoms with van der Waals surface area (Å²) >= 11 is 0. The molecule has 1 saturated heterocycles. The predicted octanol–water partition coefficient (Wildman–Crippen LogP) is 1.80. The van der Waals surface area contributed by atoms with Crippen LogP contribution in [0.2, 0.25) is 0 Å². The Bertz CT molecular complexity index is 711. The van der Waals surface area contributed by atoms with Crippen molar-refractivity contribution in [1.82, 2.24) is 15.1 Å². The summed E-state index contributed by atoms with van der Waals surface area (Å²) in [5.74, 6) is 0.149. The molecular formula is C21H25N3O2. The van der Waals surface area contributed by atoms with E-state index >= 15 is 0 Å². The fourth-order valence-corrected chi connectivity index (χ4v) is 3.14. The summed E-state index contributed by atoms with van der Waals surface area (Å²) in [7, 11) is 0. The van der Waals surface area contributed by atoms with E-state index in [9.17, 15) is 9.59 Å². The van der Waals surface area contributed by atoms with Gasteiger partial charge in [0.2, 0.25) is 5.91 Å². The van der Waals surface area contributed by atoms with E-state index in [0.717, 1.165) is 43.9 Å². The lowest BCUT2D eigenvalue weighted by Gasteiger charge is -2.34. The van der Waals surface area contributed by atoms with Gasteiger partial charge < -0.3 is 10.2 Å². The number of benzene rings is 2. The van der Waals surface area contributed by atoms with E-state index in [-0.39, 0.29) is 11.8 Å². The highest BCUT2D eigenvalue weighted by Crippen LogP contribution is 2.08. The van der Waals surface area contributed by atoms with Crippen molar-refractivity contribution in [1.29, 1.82) is 0 Å². The standard InChI is InChI=1S/C21H25N3O2/c25-20(17-18-7-3-1-4-8-18)22-11-12-23-13-15-24(16-14-23)21(26)19-9-5-2-6-10-19/h1-10H,11-17H2,(H,22,25). The summed E-state index contributed by atoms with van der Waals surface area (Å²) < 4.78 is 0. The minimum atomic E-state index is 0.0501. The highest BCUT2D eigenvalue weighted by Gasteiger charge is 2.21. The third-order valence-corrected chi connectivity index (χ3v) is 4.64. The maximum Gasteiger partial charge on any atom is 0.253 e. The largest absolute Gasteiger partial charge is 0.355 e. The van der Waals surface area contributed by atoms with E-state index in [1.807, 2.05) is 65.6 Å². The molecule has 0 aromatic heterocycles. The molecule has 0 bridgehead atoms. The van der Waals surface area contributed by atoms with E-state index in [4.69, 9.17) is 0 Å². The number of nitrogens with zero attached hydrogens (tertiary/aromatic N) is 2. The fraction of sp³-hybridized carbons (Fsp3) is 0.333. The molecule has 0 atom stereocenters. The van der Waals surface area contributed by atoms with Crippen molar-refractivity contribution >= 4 is 11.8 Å². The maximum absolute atomic E-state index is 12.4. The van der Waals surface area contributed by atoms with Gasteiger partial charge >= 0.3 is 0 Å². The van der Waals surface area contributed by atoms with Crippen molar-refractivity contribution < 1.29 is 9.59 Å². The molecular weight excluding hydrogens is 326 g/mol. The minimum absolute atomic E-state index is 0.0501. The third kappa shape index (κ3) is 5.17. The van der Waals surface area contributed by atoms with Crippen molar-refractivity contribution in [2.24, 2.45) is 0 Å². The van der Waals surface area contributed by atoms with Crippen LogP contribution in [0.15, 0.2) is 60.7 Å². The molecule has 1 aliphatic rings. The summed E-state index contributed by atoms with van der Waals surface area (Å²) in [5, 5.41) is 2.98. The van der Waals surface area contributed by atoms with Gasteiger partial charge in [0, 0.05) is 44.8 Å². The number of carbonyl (C=O) groups is 2. The van der Waals surface area contributed by atoms with Crippen molar-refractivity contribution in [3.8, 4) is 0 Å². The third-order valence-electron chi connectivity index (χ3n) is 4.64. The van der Waals surface area contributed by atoms with Gasteiger partial charge in [0.15, 0.2) is 0 Å². The van der Waals surface area contributed by atoms with Crippen LogP contribution in [0.25, 0.3) is 0 Å². The number of nitrogens with one attached hydrogen (secondary N) is 1. The second-order valence-corrected chi connectivity index (χ2v) is 6.51. The minimum Gasteiger partial charge on any atom is -0.355 e. The zero-order valence-corrected chi connectivity index (χ0v) is 14.9. The number of hydrogen-bond acceptors (Lipinski definition) is 3. The van der Waals surface area contributed by atoms with Crippen LogP contribution in [0.5, 0.6) is 0 Å². The first-order chi connectivity index (χ1) is 12.7. The van der Waals surface area contributed by atoms with Crippen LogP contribution in [-0.2, 0) is 11.2 Å². The molecule has 0 spiro atoms. The molecule has 136 valence electrons. The first-order valence-electron chi connectivity index (χ1n) is 9.10. The van der Waals surface area contributed by atoms with Crippen LogP contribution in [0.3, 0.4) is 0 Å². The predicted molar refractivity (Wildman–Crippen MR) is 102 cm³/mol. The van der Waals surface area contributed by atoms with Crippen LogP contribution in [0.4, 0.5) is 0 Å².